The van der Waals surface area contributed by atoms with Crippen molar-refractivity contribution in [3.8, 4) is 11.5 Å². The Hall–Kier alpha value is -2.70. The van der Waals surface area contributed by atoms with Crippen molar-refractivity contribution in [1.82, 2.24) is 15.1 Å². The highest BCUT2D eigenvalue weighted by Crippen LogP contribution is 2.38. The van der Waals surface area contributed by atoms with E-state index < -0.39 is 0 Å². The molecule has 0 bridgehead atoms. The molecule has 2 amide bonds. The second kappa shape index (κ2) is 5.98. The summed E-state index contributed by atoms with van der Waals surface area (Å²) in [5.41, 5.74) is 4.82. The Morgan fingerprint density at radius 1 is 1.28 bits per heavy atom. The van der Waals surface area contributed by atoms with Crippen molar-refractivity contribution in [2.45, 2.75) is 39.7 Å². The third-order valence-corrected chi connectivity index (χ3v) is 4.99. The van der Waals surface area contributed by atoms with Gasteiger partial charge in [0.2, 0.25) is 6.79 Å². The van der Waals surface area contributed by atoms with Gasteiger partial charge >= 0.3 is 6.03 Å². The van der Waals surface area contributed by atoms with E-state index in [0.29, 0.717) is 5.75 Å². The summed E-state index contributed by atoms with van der Waals surface area (Å²) in [4.78, 5) is 14.8. The van der Waals surface area contributed by atoms with E-state index in [1.807, 2.05) is 37.8 Å². The SMILES string of the molecule is Cc1cc2c(cc1NC(=O)N1CCC[C@H]1c1c(C)n[nH]c1C)OCO2. The van der Waals surface area contributed by atoms with Crippen LogP contribution in [0.1, 0.15) is 41.4 Å². The minimum Gasteiger partial charge on any atom is -0.454 e. The molecule has 1 atom stereocenters. The molecule has 132 valence electrons. The molecule has 1 saturated heterocycles. The van der Waals surface area contributed by atoms with Crippen LogP contribution in [0.2, 0.25) is 0 Å². The number of aromatic amines is 1. The molecule has 0 unspecified atom stereocenters. The average Bonchev–Trinajstić information content (AvgIpc) is 3.28. The van der Waals surface area contributed by atoms with E-state index in [0.717, 1.165) is 53.3 Å². The number of aryl methyl sites for hydroxylation is 3. The first-order chi connectivity index (χ1) is 12.0. The molecule has 1 aromatic carbocycles. The van der Waals surface area contributed by atoms with Crippen molar-refractivity contribution >= 4 is 11.7 Å². The lowest BCUT2D eigenvalue weighted by molar-refractivity contribution is 0.174. The molecule has 2 aromatic rings. The number of carbonyl (C=O) groups is 1. The van der Waals surface area contributed by atoms with Gasteiger partial charge < -0.3 is 19.7 Å². The molecule has 1 fully saturated rings. The zero-order valence-electron chi connectivity index (χ0n) is 14.7. The quantitative estimate of drug-likeness (QED) is 0.876. The summed E-state index contributed by atoms with van der Waals surface area (Å²) in [7, 11) is 0. The second-order valence-electron chi connectivity index (χ2n) is 6.65. The van der Waals surface area contributed by atoms with Crippen LogP contribution in [0.15, 0.2) is 12.1 Å². The summed E-state index contributed by atoms with van der Waals surface area (Å²) in [6.07, 6.45) is 1.94. The fourth-order valence-electron chi connectivity index (χ4n) is 3.73. The van der Waals surface area contributed by atoms with E-state index in [1.165, 1.54) is 0 Å². The van der Waals surface area contributed by atoms with Gasteiger partial charge in [-0.2, -0.15) is 5.10 Å². The van der Waals surface area contributed by atoms with Crippen molar-refractivity contribution in [3.05, 3.63) is 34.6 Å². The van der Waals surface area contributed by atoms with Gasteiger partial charge in [-0.25, -0.2) is 4.79 Å². The molecular formula is C18H22N4O3. The van der Waals surface area contributed by atoms with Crippen LogP contribution in [0.5, 0.6) is 11.5 Å². The summed E-state index contributed by atoms with van der Waals surface area (Å²) in [6, 6.07) is 3.69. The maximum atomic E-state index is 12.9. The van der Waals surface area contributed by atoms with Gasteiger partial charge in [0.15, 0.2) is 11.5 Å². The smallest absolute Gasteiger partial charge is 0.322 e. The molecule has 0 spiro atoms. The first kappa shape index (κ1) is 15.8. The van der Waals surface area contributed by atoms with Gasteiger partial charge in [-0.1, -0.05) is 0 Å². The lowest BCUT2D eigenvalue weighted by Gasteiger charge is -2.26. The van der Waals surface area contributed by atoms with E-state index in [9.17, 15) is 4.79 Å². The van der Waals surface area contributed by atoms with Crippen LogP contribution in [-0.2, 0) is 0 Å². The number of urea groups is 1. The Morgan fingerprint density at radius 2 is 2.04 bits per heavy atom. The highest BCUT2D eigenvalue weighted by atomic mass is 16.7. The second-order valence-corrected chi connectivity index (χ2v) is 6.65. The number of ether oxygens (including phenoxy) is 2. The molecule has 7 heteroatoms. The van der Waals surface area contributed by atoms with Crippen LogP contribution >= 0.6 is 0 Å². The lowest BCUT2D eigenvalue weighted by Crippen LogP contribution is -2.35. The number of aromatic nitrogens is 2. The minimum absolute atomic E-state index is 0.0630. The van der Waals surface area contributed by atoms with Gasteiger partial charge in [-0.05, 0) is 45.2 Å². The Morgan fingerprint density at radius 3 is 2.76 bits per heavy atom. The molecule has 3 heterocycles. The van der Waals surface area contributed by atoms with Crippen LogP contribution in [-0.4, -0.2) is 34.5 Å². The number of hydrogen-bond acceptors (Lipinski definition) is 4. The number of H-pyrrole nitrogens is 1. The number of hydrogen-bond donors (Lipinski definition) is 2. The van der Waals surface area contributed by atoms with Crippen LogP contribution in [0.25, 0.3) is 0 Å². The molecule has 25 heavy (non-hydrogen) atoms. The number of benzene rings is 1. The average molecular weight is 342 g/mol. The molecule has 2 aliphatic rings. The molecule has 7 nitrogen and oxygen atoms in total. The number of anilines is 1. The minimum atomic E-state index is -0.0931. The van der Waals surface area contributed by atoms with E-state index >= 15 is 0 Å². The number of amides is 2. The summed E-state index contributed by atoms with van der Waals surface area (Å²) in [5.74, 6) is 1.39. The molecule has 2 N–H and O–H groups in total. The molecule has 0 aliphatic carbocycles. The molecule has 2 aliphatic heterocycles. The number of fused-ring (bicyclic) bond motifs is 1. The third kappa shape index (κ3) is 2.69. The van der Waals surface area contributed by atoms with Gasteiger partial charge in [0.1, 0.15) is 0 Å². The number of nitrogens with one attached hydrogen (secondary N) is 2. The number of nitrogens with zero attached hydrogens (tertiary/aromatic N) is 2. The molecule has 0 radical (unpaired) electrons. The topological polar surface area (TPSA) is 79.5 Å². The van der Waals surface area contributed by atoms with Crippen molar-refractivity contribution in [2.75, 3.05) is 18.7 Å². The number of likely N-dealkylation sites (tertiary alicyclic amines) is 1. The molecule has 0 saturated carbocycles. The van der Waals surface area contributed by atoms with Gasteiger partial charge in [0.25, 0.3) is 0 Å². The zero-order valence-corrected chi connectivity index (χ0v) is 14.7. The van der Waals surface area contributed by atoms with Crippen molar-refractivity contribution in [1.29, 1.82) is 0 Å². The van der Waals surface area contributed by atoms with E-state index in [1.54, 1.807) is 0 Å². The van der Waals surface area contributed by atoms with Gasteiger partial charge in [-0.15, -0.1) is 0 Å². The van der Waals surface area contributed by atoms with Gasteiger partial charge in [-0.3, -0.25) is 5.10 Å². The third-order valence-electron chi connectivity index (χ3n) is 4.99. The van der Waals surface area contributed by atoms with Gasteiger partial charge in [0, 0.05) is 29.6 Å². The predicted octanol–water partition coefficient (Wildman–Crippen LogP) is 3.43. The number of carbonyl (C=O) groups excluding carboxylic acids is 1. The maximum absolute atomic E-state index is 12.9. The normalized spacial score (nSPS) is 18.7. The van der Waals surface area contributed by atoms with E-state index in [4.69, 9.17) is 9.47 Å². The van der Waals surface area contributed by atoms with Crippen molar-refractivity contribution in [3.63, 3.8) is 0 Å². The van der Waals surface area contributed by atoms with Crippen LogP contribution in [0.3, 0.4) is 0 Å². The Bertz CT molecular complexity index is 810. The maximum Gasteiger partial charge on any atom is 0.322 e. The Balaban J connectivity index is 1.57. The van der Waals surface area contributed by atoms with Crippen LogP contribution in [0.4, 0.5) is 10.5 Å². The van der Waals surface area contributed by atoms with Gasteiger partial charge in [0.05, 0.1) is 11.7 Å². The molecular weight excluding hydrogens is 320 g/mol. The first-order valence-electron chi connectivity index (χ1n) is 8.54. The highest BCUT2D eigenvalue weighted by Gasteiger charge is 2.33. The summed E-state index contributed by atoms with van der Waals surface area (Å²) < 4.78 is 10.8. The Kier molecular flexibility index (Phi) is 3.78. The van der Waals surface area contributed by atoms with Crippen molar-refractivity contribution in [2.24, 2.45) is 0 Å². The summed E-state index contributed by atoms with van der Waals surface area (Å²) in [5, 5.41) is 10.3. The zero-order chi connectivity index (χ0) is 17.6. The lowest BCUT2D eigenvalue weighted by atomic mass is 10.0. The Labute approximate surface area is 146 Å². The predicted molar refractivity (Wildman–Crippen MR) is 93.1 cm³/mol. The van der Waals surface area contributed by atoms with E-state index in [2.05, 4.69) is 15.5 Å². The van der Waals surface area contributed by atoms with E-state index in [-0.39, 0.29) is 18.9 Å². The van der Waals surface area contributed by atoms with Crippen molar-refractivity contribution < 1.29 is 14.3 Å². The first-order valence-corrected chi connectivity index (χ1v) is 8.54. The fourth-order valence-corrected chi connectivity index (χ4v) is 3.73. The summed E-state index contributed by atoms with van der Waals surface area (Å²) in [6.45, 7) is 6.90. The highest BCUT2D eigenvalue weighted by molar-refractivity contribution is 5.91. The monoisotopic (exact) mass is 342 g/mol. The largest absolute Gasteiger partial charge is 0.454 e. The fraction of sp³-hybridized carbons (Fsp3) is 0.444. The standard InChI is InChI=1S/C18H22N4O3/c1-10-7-15-16(25-9-24-15)8-13(10)19-18(23)22-6-4-5-14(22)17-11(2)20-21-12(17)3/h7-8,14H,4-6,9H2,1-3H3,(H,19,23)(H,20,21)/t14-/m0/s1. The molecule has 4 rings (SSSR count). The molecule has 1 aromatic heterocycles. The summed E-state index contributed by atoms with van der Waals surface area (Å²) >= 11 is 0. The van der Waals surface area contributed by atoms with Crippen LogP contribution in [0, 0.1) is 20.8 Å². The number of rotatable bonds is 2. The van der Waals surface area contributed by atoms with Crippen LogP contribution < -0.4 is 14.8 Å².